The van der Waals surface area contributed by atoms with Crippen LogP contribution in [0.25, 0.3) is 0 Å². The van der Waals surface area contributed by atoms with Crippen molar-refractivity contribution in [2.45, 2.75) is 12.0 Å². The average Bonchev–Trinajstić information content (AvgIpc) is 2.77. The predicted molar refractivity (Wildman–Crippen MR) is 112 cm³/mol. The van der Waals surface area contributed by atoms with Gasteiger partial charge in [0.15, 0.2) is 0 Å². The van der Waals surface area contributed by atoms with Gasteiger partial charge in [-0.1, -0.05) is 30.3 Å². The minimum atomic E-state index is -0.637. The van der Waals surface area contributed by atoms with E-state index in [9.17, 15) is 14.0 Å². The molecule has 3 aromatic rings. The molecule has 6 heteroatoms. The number of ether oxygens (including phenoxy) is 1. The van der Waals surface area contributed by atoms with Crippen molar-refractivity contribution in [3.8, 4) is 5.75 Å². The Morgan fingerprint density at radius 2 is 1.67 bits per heavy atom. The third-order valence-corrected chi connectivity index (χ3v) is 5.43. The van der Waals surface area contributed by atoms with Crippen molar-refractivity contribution in [2.24, 2.45) is 0 Å². The number of nitrogens with one attached hydrogen (secondary N) is 1. The number of fused-ring (bicyclic) bond motifs is 1. The molecule has 0 bridgehead atoms. The Hall–Kier alpha value is -3.67. The summed E-state index contributed by atoms with van der Waals surface area (Å²) in [5.41, 5.74) is 2.48. The lowest BCUT2D eigenvalue weighted by molar-refractivity contribution is -0.119. The van der Waals surface area contributed by atoms with E-state index < -0.39 is 12.0 Å². The van der Waals surface area contributed by atoms with Gasteiger partial charge in [-0.2, -0.15) is 0 Å². The molecule has 2 unspecified atom stereocenters. The quantitative estimate of drug-likeness (QED) is 0.702. The van der Waals surface area contributed by atoms with Gasteiger partial charge in [0.2, 0.25) is 5.91 Å². The smallest absolute Gasteiger partial charge is 0.254 e. The highest BCUT2D eigenvalue weighted by molar-refractivity contribution is 6.04. The standard InChI is InChI=1S/C24H21FN2O3/c1-27-22(15-7-13-18(30-2)14-8-15)21(19-5-3-4-6-20(19)24(27)29)23(28)26-17-11-9-16(25)10-12-17/h3-14,21-22H,1-2H3,(H,26,28). The van der Waals surface area contributed by atoms with Gasteiger partial charge in [0, 0.05) is 18.3 Å². The van der Waals surface area contributed by atoms with Gasteiger partial charge in [0.05, 0.1) is 19.1 Å². The van der Waals surface area contributed by atoms with Gasteiger partial charge in [-0.3, -0.25) is 9.59 Å². The first-order chi connectivity index (χ1) is 14.5. The van der Waals surface area contributed by atoms with Gasteiger partial charge in [0.1, 0.15) is 11.6 Å². The van der Waals surface area contributed by atoms with Crippen molar-refractivity contribution in [3.05, 3.63) is 95.3 Å². The molecular formula is C24H21FN2O3. The van der Waals surface area contributed by atoms with Crippen LogP contribution in [0.15, 0.2) is 72.8 Å². The fraction of sp³-hybridized carbons (Fsp3) is 0.167. The summed E-state index contributed by atoms with van der Waals surface area (Å²) in [5, 5.41) is 2.87. The number of likely N-dealkylation sites (N-methyl/N-ethyl adjacent to an activating group) is 1. The minimum Gasteiger partial charge on any atom is -0.497 e. The highest BCUT2D eigenvalue weighted by Crippen LogP contribution is 2.42. The lowest BCUT2D eigenvalue weighted by Crippen LogP contribution is -2.44. The Bertz CT molecular complexity index is 1080. The molecule has 1 aliphatic heterocycles. The number of nitrogens with zero attached hydrogens (tertiary/aromatic N) is 1. The minimum absolute atomic E-state index is 0.141. The van der Waals surface area contributed by atoms with Gasteiger partial charge in [-0.15, -0.1) is 0 Å². The maximum atomic E-state index is 13.4. The van der Waals surface area contributed by atoms with Crippen molar-refractivity contribution < 1.29 is 18.7 Å². The van der Waals surface area contributed by atoms with Crippen LogP contribution in [-0.2, 0) is 4.79 Å². The third-order valence-electron chi connectivity index (χ3n) is 5.43. The summed E-state index contributed by atoms with van der Waals surface area (Å²) in [7, 11) is 3.28. The molecule has 2 atom stereocenters. The predicted octanol–water partition coefficient (Wildman–Crippen LogP) is 4.38. The van der Waals surface area contributed by atoms with Crippen LogP contribution in [0.5, 0.6) is 5.75 Å². The molecule has 1 heterocycles. The zero-order chi connectivity index (χ0) is 21.3. The molecule has 0 aliphatic carbocycles. The SMILES string of the molecule is COc1ccc(C2C(C(=O)Nc3ccc(F)cc3)c3ccccc3C(=O)N2C)cc1. The normalized spacial score (nSPS) is 18.0. The Kier molecular flexibility index (Phi) is 5.23. The van der Waals surface area contributed by atoms with Crippen molar-refractivity contribution >= 4 is 17.5 Å². The number of amides is 2. The molecule has 1 aliphatic rings. The molecule has 0 spiro atoms. The molecule has 0 fully saturated rings. The van der Waals surface area contributed by atoms with E-state index in [2.05, 4.69) is 5.32 Å². The molecule has 1 N–H and O–H groups in total. The first-order valence-electron chi connectivity index (χ1n) is 9.56. The number of benzene rings is 3. The maximum absolute atomic E-state index is 13.4. The van der Waals surface area contributed by atoms with E-state index in [4.69, 9.17) is 4.74 Å². The van der Waals surface area contributed by atoms with Crippen LogP contribution in [0, 0.1) is 5.82 Å². The fourth-order valence-electron chi connectivity index (χ4n) is 3.93. The second-order valence-electron chi connectivity index (χ2n) is 7.20. The Labute approximate surface area is 174 Å². The van der Waals surface area contributed by atoms with Gasteiger partial charge in [0.25, 0.3) is 5.91 Å². The van der Waals surface area contributed by atoms with E-state index in [0.717, 1.165) is 5.56 Å². The summed E-state index contributed by atoms with van der Waals surface area (Å²) in [6.45, 7) is 0. The number of rotatable bonds is 4. The second kappa shape index (κ2) is 7.99. The lowest BCUT2D eigenvalue weighted by Gasteiger charge is -2.39. The van der Waals surface area contributed by atoms with Gasteiger partial charge in [-0.25, -0.2) is 4.39 Å². The van der Waals surface area contributed by atoms with Crippen LogP contribution < -0.4 is 10.1 Å². The van der Waals surface area contributed by atoms with E-state index >= 15 is 0 Å². The Balaban J connectivity index is 1.78. The largest absolute Gasteiger partial charge is 0.497 e. The van der Waals surface area contributed by atoms with Crippen LogP contribution in [0.2, 0.25) is 0 Å². The summed E-state index contributed by atoms with van der Waals surface area (Å²) in [4.78, 5) is 28.0. The molecule has 0 aromatic heterocycles. The van der Waals surface area contributed by atoms with Crippen LogP contribution in [-0.4, -0.2) is 30.9 Å². The van der Waals surface area contributed by atoms with E-state index in [1.54, 1.807) is 31.2 Å². The molecule has 5 nitrogen and oxygen atoms in total. The number of methoxy groups -OCH3 is 1. The zero-order valence-electron chi connectivity index (χ0n) is 16.6. The monoisotopic (exact) mass is 404 g/mol. The van der Waals surface area contributed by atoms with E-state index in [1.807, 2.05) is 36.4 Å². The molecule has 0 radical (unpaired) electrons. The number of hydrogen-bond donors (Lipinski definition) is 1. The van der Waals surface area contributed by atoms with Crippen LogP contribution in [0.1, 0.15) is 33.4 Å². The second-order valence-corrected chi connectivity index (χ2v) is 7.20. The summed E-state index contributed by atoms with van der Waals surface area (Å²) in [5.74, 6) is -0.734. The molecule has 2 amide bonds. The molecule has 0 saturated carbocycles. The van der Waals surface area contributed by atoms with Crippen molar-refractivity contribution in [1.29, 1.82) is 0 Å². The average molecular weight is 404 g/mol. The van der Waals surface area contributed by atoms with Crippen molar-refractivity contribution in [1.82, 2.24) is 4.90 Å². The van der Waals surface area contributed by atoms with Crippen molar-refractivity contribution in [2.75, 3.05) is 19.5 Å². The molecule has 3 aromatic carbocycles. The lowest BCUT2D eigenvalue weighted by atomic mass is 9.79. The van der Waals surface area contributed by atoms with Crippen molar-refractivity contribution in [3.63, 3.8) is 0 Å². The summed E-state index contributed by atoms with van der Waals surface area (Å²) in [6, 6.07) is 19.6. The molecule has 30 heavy (non-hydrogen) atoms. The highest BCUT2D eigenvalue weighted by Gasteiger charge is 2.42. The van der Waals surface area contributed by atoms with Gasteiger partial charge < -0.3 is 15.0 Å². The summed E-state index contributed by atoms with van der Waals surface area (Å²) in [6.07, 6.45) is 0. The van der Waals surface area contributed by atoms with E-state index in [0.29, 0.717) is 22.6 Å². The fourth-order valence-corrected chi connectivity index (χ4v) is 3.93. The number of carbonyl (C=O) groups excluding carboxylic acids is 2. The summed E-state index contributed by atoms with van der Waals surface area (Å²) >= 11 is 0. The first-order valence-corrected chi connectivity index (χ1v) is 9.56. The van der Waals surface area contributed by atoms with Crippen LogP contribution in [0.4, 0.5) is 10.1 Å². The molecule has 4 rings (SSSR count). The first kappa shape index (κ1) is 19.6. The van der Waals surface area contributed by atoms with Gasteiger partial charge in [-0.05, 0) is 53.6 Å². The Morgan fingerprint density at radius 3 is 2.33 bits per heavy atom. The molecule has 152 valence electrons. The van der Waals surface area contributed by atoms with Crippen LogP contribution in [0.3, 0.4) is 0 Å². The van der Waals surface area contributed by atoms with E-state index in [1.165, 1.54) is 24.3 Å². The molecular weight excluding hydrogens is 383 g/mol. The maximum Gasteiger partial charge on any atom is 0.254 e. The number of halogens is 1. The molecule has 0 saturated heterocycles. The van der Waals surface area contributed by atoms with E-state index in [-0.39, 0.29) is 17.6 Å². The number of anilines is 1. The number of hydrogen-bond acceptors (Lipinski definition) is 3. The zero-order valence-corrected chi connectivity index (χ0v) is 16.6. The Morgan fingerprint density at radius 1 is 1.00 bits per heavy atom. The van der Waals surface area contributed by atoms with Crippen LogP contribution >= 0.6 is 0 Å². The third kappa shape index (κ3) is 3.52. The topological polar surface area (TPSA) is 58.6 Å². The summed E-state index contributed by atoms with van der Waals surface area (Å²) < 4.78 is 18.5. The van der Waals surface area contributed by atoms with Gasteiger partial charge >= 0.3 is 0 Å². The highest BCUT2D eigenvalue weighted by atomic mass is 19.1. The number of carbonyl (C=O) groups is 2.